The van der Waals surface area contributed by atoms with E-state index in [2.05, 4.69) is 45.3 Å². The normalized spacial score (nSPS) is 13.1. The van der Waals surface area contributed by atoms with E-state index in [-0.39, 0.29) is 22.3 Å². The number of Topliss-reactive ketones (excluding diaryl/α,β-unsaturated/α-hetero) is 1. The van der Waals surface area contributed by atoms with Gasteiger partial charge in [-0.2, -0.15) is 0 Å². The van der Waals surface area contributed by atoms with E-state index in [0.29, 0.717) is 11.5 Å². The lowest BCUT2D eigenvalue weighted by Gasteiger charge is -2.36. The summed E-state index contributed by atoms with van der Waals surface area (Å²) in [7, 11) is 0. The molecule has 0 aromatic carbocycles. The summed E-state index contributed by atoms with van der Waals surface area (Å²) >= 11 is 5.36. The molecule has 0 radical (unpaired) electrons. The fourth-order valence-electron chi connectivity index (χ4n) is 2.68. The largest absolute Gasteiger partial charge is 0.358 e. The first kappa shape index (κ1) is 18.4. The molecule has 0 fully saturated rings. The maximum atomic E-state index is 11.2. The van der Waals surface area contributed by atoms with Crippen LogP contribution in [0.25, 0.3) is 0 Å². The molecule has 0 saturated heterocycles. The molecule has 4 heteroatoms. The molecule has 0 unspecified atom stereocenters. The molecule has 0 amide bonds. The zero-order chi connectivity index (χ0) is 15.5. The Morgan fingerprint density at radius 1 is 0.947 bits per heavy atom. The zero-order valence-electron chi connectivity index (χ0n) is 13.7. The first-order valence-corrected chi connectivity index (χ1v) is 7.23. The van der Waals surface area contributed by atoms with Crippen molar-refractivity contribution in [2.75, 3.05) is 0 Å². The van der Waals surface area contributed by atoms with Gasteiger partial charge in [0.2, 0.25) is 0 Å². The summed E-state index contributed by atoms with van der Waals surface area (Å²) in [6.45, 7) is 16.5. The molecule has 0 bridgehead atoms. The topological polar surface area (TPSA) is 41.1 Å². The third-order valence-corrected chi connectivity index (χ3v) is 2.77. The second-order valence-electron chi connectivity index (χ2n) is 7.96. The number of hydrogen-bond donors (Lipinski definition) is 2. The molecule has 3 nitrogen and oxygen atoms in total. The van der Waals surface area contributed by atoms with Crippen molar-refractivity contribution >= 4 is 23.1 Å². The fourth-order valence-corrected chi connectivity index (χ4v) is 3.24. The van der Waals surface area contributed by atoms with Gasteiger partial charge in [-0.15, -0.1) is 0 Å². The average Bonchev–Trinajstić information content (AvgIpc) is 1.89. The van der Waals surface area contributed by atoms with Gasteiger partial charge in [0, 0.05) is 17.5 Å². The van der Waals surface area contributed by atoms with Gasteiger partial charge in [0.15, 0.2) is 5.11 Å². The van der Waals surface area contributed by atoms with Crippen LogP contribution >= 0.6 is 12.2 Å². The number of carbonyl (C=O) groups is 1. The molecule has 0 aromatic heterocycles. The van der Waals surface area contributed by atoms with Crippen LogP contribution in [0.15, 0.2) is 0 Å². The predicted molar refractivity (Wildman–Crippen MR) is 86.4 cm³/mol. The number of carbonyl (C=O) groups excluding carboxylic acids is 1. The van der Waals surface area contributed by atoms with Crippen LogP contribution in [0.3, 0.4) is 0 Å². The van der Waals surface area contributed by atoms with E-state index < -0.39 is 0 Å². The molecule has 2 N–H and O–H groups in total. The second-order valence-corrected chi connectivity index (χ2v) is 8.37. The molecule has 0 aromatic rings. The highest BCUT2D eigenvalue weighted by molar-refractivity contribution is 7.80. The number of rotatable bonds is 5. The summed E-state index contributed by atoms with van der Waals surface area (Å²) in [6, 6.07) is 0. The van der Waals surface area contributed by atoms with Crippen molar-refractivity contribution in [3.8, 4) is 0 Å². The number of nitrogens with one attached hydrogen (secondary N) is 2. The molecule has 0 spiro atoms. The van der Waals surface area contributed by atoms with Crippen molar-refractivity contribution in [2.45, 2.75) is 79.3 Å². The van der Waals surface area contributed by atoms with Crippen LogP contribution < -0.4 is 10.6 Å². The van der Waals surface area contributed by atoms with Crippen LogP contribution in [0.4, 0.5) is 0 Å². The zero-order valence-corrected chi connectivity index (χ0v) is 14.5. The Morgan fingerprint density at radius 3 is 1.74 bits per heavy atom. The van der Waals surface area contributed by atoms with Gasteiger partial charge in [-0.25, -0.2) is 0 Å². The smallest absolute Gasteiger partial charge is 0.167 e. The molecule has 0 aliphatic rings. The van der Waals surface area contributed by atoms with E-state index in [0.717, 1.165) is 6.42 Å². The first-order valence-electron chi connectivity index (χ1n) is 6.82. The highest BCUT2D eigenvalue weighted by Crippen LogP contribution is 2.26. The lowest BCUT2D eigenvalue weighted by atomic mass is 9.82. The van der Waals surface area contributed by atoms with Crippen LogP contribution in [-0.4, -0.2) is 22.0 Å². The van der Waals surface area contributed by atoms with E-state index in [9.17, 15) is 4.79 Å². The predicted octanol–water partition coefficient (Wildman–Crippen LogP) is 3.42. The highest BCUT2D eigenvalue weighted by atomic mass is 32.1. The lowest BCUT2D eigenvalue weighted by Crippen LogP contribution is -2.55. The van der Waals surface area contributed by atoms with Gasteiger partial charge in [0.05, 0.1) is 0 Å². The Morgan fingerprint density at radius 2 is 1.37 bits per heavy atom. The lowest BCUT2D eigenvalue weighted by molar-refractivity contribution is -0.118. The minimum absolute atomic E-state index is 0.0748. The summed E-state index contributed by atoms with van der Waals surface area (Å²) in [4.78, 5) is 11.2. The molecule has 112 valence electrons. The van der Waals surface area contributed by atoms with Crippen molar-refractivity contribution in [3.05, 3.63) is 0 Å². The third-order valence-electron chi connectivity index (χ3n) is 2.57. The van der Waals surface area contributed by atoms with Gasteiger partial charge in [-0.05, 0) is 58.7 Å². The summed E-state index contributed by atoms with van der Waals surface area (Å²) in [6.07, 6.45) is 1.48. The standard InChI is InChI=1S/C15H30N2OS/c1-11(18)9-14(5,6)16-12(19)17-15(7,8)10-13(2,3)4/h9-10H2,1-8H3,(H2,16,17,19). The van der Waals surface area contributed by atoms with Crippen LogP contribution in [-0.2, 0) is 4.79 Å². The minimum Gasteiger partial charge on any atom is -0.358 e. The van der Waals surface area contributed by atoms with Gasteiger partial charge in [0.25, 0.3) is 0 Å². The van der Waals surface area contributed by atoms with Crippen LogP contribution in [0.2, 0.25) is 0 Å². The quantitative estimate of drug-likeness (QED) is 0.760. The molecular formula is C15H30N2OS. The Kier molecular flexibility index (Phi) is 6.00. The monoisotopic (exact) mass is 286 g/mol. The number of hydrogen-bond acceptors (Lipinski definition) is 2. The van der Waals surface area contributed by atoms with Crippen molar-refractivity contribution in [2.24, 2.45) is 5.41 Å². The fraction of sp³-hybridized carbons (Fsp3) is 0.867. The molecular weight excluding hydrogens is 256 g/mol. The Balaban J connectivity index is 4.50. The van der Waals surface area contributed by atoms with Crippen molar-refractivity contribution in [3.63, 3.8) is 0 Å². The third kappa shape index (κ3) is 9.88. The molecule has 0 saturated carbocycles. The number of thiocarbonyl (C=S) groups is 1. The summed E-state index contributed by atoms with van der Waals surface area (Å²) in [5.41, 5.74) is -0.149. The summed E-state index contributed by atoms with van der Waals surface area (Å²) in [5.74, 6) is 0.161. The van der Waals surface area contributed by atoms with Crippen LogP contribution in [0, 0.1) is 5.41 Å². The maximum Gasteiger partial charge on any atom is 0.167 e. The van der Waals surface area contributed by atoms with Gasteiger partial charge in [-0.3, -0.25) is 4.79 Å². The molecule has 0 aliphatic heterocycles. The van der Waals surface area contributed by atoms with Crippen LogP contribution in [0.5, 0.6) is 0 Å². The van der Waals surface area contributed by atoms with E-state index in [1.807, 2.05) is 13.8 Å². The Labute approximate surface area is 123 Å². The van der Waals surface area contributed by atoms with Gasteiger partial charge >= 0.3 is 0 Å². The number of ketones is 1. The molecule has 0 atom stereocenters. The molecule has 0 rings (SSSR count). The van der Waals surface area contributed by atoms with E-state index in [1.54, 1.807) is 6.92 Å². The first-order chi connectivity index (χ1) is 8.22. The minimum atomic E-state index is -0.312. The molecule has 0 heterocycles. The molecule has 0 aliphatic carbocycles. The van der Waals surface area contributed by atoms with Crippen molar-refractivity contribution < 1.29 is 4.79 Å². The van der Waals surface area contributed by atoms with Crippen molar-refractivity contribution in [1.29, 1.82) is 0 Å². The van der Waals surface area contributed by atoms with Crippen LogP contribution in [0.1, 0.15) is 68.2 Å². The van der Waals surface area contributed by atoms with E-state index >= 15 is 0 Å². The Bertz CT molecular complexity index is 341. The van der Waals surface area contributed by atoms with Gasteiger partial charge in [-0.1, -0.05) is 20.8 Å². The second kappa shape index (κ2) is 6.21. The average molecular weight is 286 g/mol. The summed E-state index contributed by atoms with van der Waals surface area (Å²) < 4.78 is 0. The van der Waals surface area contributed by atoms with E-state index in [4.69, 9.17) is 12.2 Å². The van der Waals surface area contributed by atoms with Gasteiger partial charge in [0.1, 0.15) is 5.78 Å². The maximum absolute atomic E-state index is 11.2. The Hall–Kier alpha value is -0.640. The SMILES string of the molecule is CC(=O)CC(C)(C)NC(=S)NC(C)(C)CC(C)(C)C. The highest BCUT2D eigenvalue weighted by Gasteiger charge is 2.28. The van der Waals surface area contributed by atoms with Crippen molar-refractivity contribution in [1.82, 2.24) is 10.6 Å². The van der Waals surface area contributed by atoms with Gasteiger partial charge < -0.3 is 10.6 Å². The van der Waals surface area contributed by atoms with E-state index in [1.165, 1.54) is 0 Å². The molecule has 19 heavy (non-hydrogen) atoms. The summed E-state index contributed by atoms with van der Waals surface area (Å²) in [5, 5.41) is 7.19.